The Hall–Kier alpha value is -1.19. The smallest absolute Gasteiger partial charge is 0.413 e. The predicted molar refractivity (Wildman–Crippen MR) is 99.1 cm³/mol. The van der Waals surface area contributed by atoms with Gasteiger partial charge in [0.25, 0.3) is 0 Å². The molecule has 26 heavy (non-hydrogen) atoms. The molecule has 1 aromatic rings. The van der Waals surface area contributed by atoms with Gasteiger partial charge in [-0.1, -0.05) is 11.8 Å². The average molecular weight is 449 g/mol. The van der Waals surface area contributed by atoms with Crippen molar-refractivity contribution in [2.24, 2.45) is 10.9 Å². The number of nitrogens with zero attached hydrogens (tertiary/aromatic N) is 1. The minimum atomic E-state index is -1.28. The van der Waals surface area contributed by atoms with Gasteiger partial charge in [0.2, 0.25) is 0 Å². The van der Waals surface area contributed by atoms with Gasteiger partial charge in [-0.25, -0.2) is 18.6 Å². The highest BCUT2D eigenvalue weighted by molar-refractivity contribution is 9.10. The van der Waals surface area contributed by atoms with Crippen LogP contribution < -0.4 is 5.32 Å². The Morgan fingerprint density at radius 2 is 2.15 bits per heavy atom. The second-order valence-corrected chi connectivity index (χ2v) is 8.99. The largest absolute Gasteiger partial charge is 0.444 e. The summed E-state index contributed by atoms with van der Waals surface area (Å²) in [5.74, 6) is -0.921. The lowest BCUT2D eigenvalue weighted by molar-refractivity contribution is -0.0174. The van der Waals surface area contributed by atoms with Gasteiger partial charge in [-0.15, -0.1) is 0 Å². The number of thioether (sulfide) groups is 1. The Balaban J connectivity index is 1.95. The molecule has 2 atom stereocenters. The third-order valence-corrected chi connectivity index (χ3v) is 5.68. The zero-order valence-electron chi connectivity index (χ0n) is 14.6. The van der Waals surface area contributed by atoms with Crippen LogP contribution in [-0.4, -0.2) is 29.2 Å². The van der Waals surface area contributed by atoms with Crippen LogP contribution in [0.15, 0.2) is 21.6 Å². The zero-order chi connectivity index (χ0) is 19.1. The van der Waals surface area contributed by atoms with Gasteiger partial charge in [0.15, 0.2) is 10.9 Å². The van der Waals surface area contributed by atoms with Gasteiger partial charge in [0.05, 0.1) is 11.1 Å². The van der Waals surface area contributed by atoms with Gasteiger partial charge in [-0.3, -0.25) is 5.32 Å². The lowest BCUT2D eigenvalue weighted by Crippen LogP contribution is -2.42. The van der Waals surface area contributed by atoms with Crippen LogP contribution in [-0.2, 0) is 15.2 Å². The molecule has 0 unspecified atom stereocenters. The summed E-state index contributed by atoms with van der Waals surface area (Å²) < 4.78 is 39.4. The molecule has 1 amide bonds. The summed E-state index contributed by atoms with van der Waals surface area (Å²) in [6.07, 6.45) is 0.0566. The maximum absolute atomic E-state index is 14.5. The number of hydrogen-bond donors (Lipinski definition) is 1. The molecule has 0 saturated carbocycles. The van der Waals surface area contributed by atoms with Crippen LogP contribution in [0.5, 0.6) is 0 Å². The first-order valence-electron chi connectivity index (χ1n) is 8.12. The van der Waals surface area contributed by atoms with E-state index in [0.29, 0.717) is 18.8 Å². The van der Waals surface area contributed by atoms with E-state index in [9.17, 15) is 13.6 Å². The van der Waals surface area contributed by atoms with Gasteiger partial charge < -0.3 is 9.47 Å². The van der Waals surface area contributed by atoms with E-state index < -0.39 is 29.1 Å². The first-order valence-corrected chi connectivity index (χ1v) is 9.90. The Kier molecular flexibility index (Phi) is 5.33. The monoisotopic (exact) mass is 448 g/mol. The van der Waals surface area contributed by atoms with E-state index in [1.54, 1.807) is 20.8 Å². The number of alkyl carbamates (subject to hydrolysis) is 1. The number of carbonyl (C=O) groups is 1. The molecule has 1 fully saturated rings. The number of benzene rings is 1. The normalized spacial score (nSPS) is 25.5. The van der Waals surface area contributed by atoms with Gasteiger partial charge in [-0.05, 0) is 49.2 Å². The summed E-state index contributed by atoms with van der Waals surface area (Å²) in [6.45, 7) is 5.67. The average Bonchev–Trinajstić information content (AvgIpc) is 2.92. The molecular formula is C17H19BrF2N2O3S. The summed E-state index contributed by atoms with van der Waals surface area (Å²) in [6, 6.07) is 2.17. The molecular weight excluding hydrogens is 430 g/mol. The standard InChI is InChI=1S/C17H19BrF2N2O3S/c1-16(2,3)25-15(23)21-14-22-17(9(8-26-14)4-5-24-17)10-6-11(18)13(20)7-12(10)19/h6-7,9H,4-5,8H2,1-3H3,(H,21,22,23)/t9-,17+/m1/s1. The van der Waals surface area contributed by atoms with Gasteiger partial charge >= 0.3 is 6.09 Å². The predicted octanol–water partition coefficient (Wildman–Crippen LogP) is 4.54. The van der Waals surface area contributed by atoms with Crippen molar-refractivity contribution in [3.63, 3.8) is 0 Å². The van der Waals surface area contributed by atoms with Crippen molar-refractivity contribution in [3.05, 3.63) is 33.8 Å². The summed E-state index contributed by atoms with van der Waals surface area (Å²) in [4.78, 5) is 16.5. The lowest BCUT2D eigenvalue weighted by Gasteiger charge is -2.35. The summed E-state index contributed by atoms with van der Waals surface area (Å²) >= 11 is 4.44. The second-order valence-electron chi connectivity index (χ2n) is 7.13. The number of carbonyl (C=O) groups excluding carboxylic acids is 1. The molecule has 9 heteroatoms. The van der Waals surface area contributed by atoms with E-state index in [0.717, 1.165) is 6.07 Å². The first-order chi connectivity index (χ1) is 12.1. The molecule has 0 bridgehead atoms. The molecule has 2 aliphatic rings. The Labute approximate surface area is 163 Å². The van der Waals surface area contributed by atoms with E-state index in [-0.39, 0.29) is 21.1 Å². The molecule has 1 aromatic carbocycles. The van der Waals surface area contributed by atoms with Crippen molar-refractivity contribution in [3.8, 4) is 0 Å². The van der Waals surface area contributed by atoms with E-state index in [1.165, 1.54) is 17.8 Å². The van der Waals surface area contributed by atoms with Gasteiger partial charge in [-0.2, -0.15) is 0 Å². The molecule has 1 saturated heterocycles. The maximum Gasteiger partial charge on any atom is 0.413 e. The van der Waals surface area contributed by atoms with E-state index in [1.807, 2.05) is 0 Å². The highest BCUT2D eigenvalue weighted by Gasteiger charge is 2.50. The number of ether oxygens (including phenoxy) is 2. The third-order valence-electron chi connectivity index (χ3n) is 4.03. The molecule has 1 N–H and O–H groups in total. The first kappa shape index (κ1) is 19.6. The fourth-order valence-corrected chi connectivity index (χ4v) is 4.41. The maximum atomic E-state index is 14.5. The van der Waals surface area contributed by atoms with Crippen LogP contribution >= 0.6 is 27.7 Å². The van der Waals surface area contributed by atoms with Gasteiger partial charge in [0.1, 0.15) is 17.2 Å². The number of aliphatic imine (C=N–C) groups is 1. The Morgan fingerprint density at radius 3 is 2.85 bits per heavy atom. The molecule has 5 nitrogen and oxygen atoms in total. The zero-order valence-corrected chi connectivity index (χ0v) is 17.0. The van der Waals surface area contributed by atoms with Crippen molar-refractivity contribution >= 4 is 39.0 Å². The number of fused-ring (bicyclic) bond motifs is 1. The number of rotatable bonds is 1. The Morgan fingerprint density at radius 1 is 1.42 bits per heavy atom. The molecule has 0 aliphatic carbocycles. The Bertz CT molecular complexity index is 769. The van der Waals surface area contributed by atoms with Crippen molar-refractivity contribution in [2.45, 2.75) is 38.5 Å². The molecule has 3 rings (SSSR count). The number of hydrogen-bond acceptors (Lipinski definition) is 5. The van der Waals surface area contributed by atoms with Crippen molar-refractivity contribution in [2.75, 3.05) is 12.4 Å². The minimum Gasteiger partial charge on any atom is -0.444 e. The fraction of sp³-hybridized carbons (Fsp3) is 0.529. The molecule has 0 aromatic heterocycles. The van der Waals surface area contributed by atoms with Crippen LogP contribution in [0.2, 0.25) is 0 Å². The number of halogens is 3. The van der Waals surface area contributed by atoms with Crippen molar-refractivity contribution in [1.29, 1.82) is 0 Å². The quantitative estimate of drug-likeness (QED) is 0.640. The van der Waals surface area contributed by atoms with Crippen LogP contribution in [0.1, 0.15) is 32.8 Å². The number of amidine groups is 1. The SMILES string of the molecule is CC(C)(C)OC(=O)NC1=N[C@]2(c3cc(Br)c(F)cc3F)OCC[C@@H]2CS1. The fourth-order valence-electron chi connectivity index (χ4n) is 2.96. The highest BCUT2D eigenvalue weighted by Crippen LogP contribution is 2.48. The second kappa shape index (κ2) is 7.09. The third kappa shape index (κ3) is 3.89. The topological polar surface area (TPSA) is 59.9 Å². The van der Waals surface area contributed by atoms with Crippen LogP contribution in [0, 0.1) is 17.6 Å². The lowest BCUT2D eigenvalue weighted by atomic mass is 9.90. The van der Waals surface area contributed by atoms with Crippen molar-refractivity contribution < 1.29 is 23.0 Å². The molecule has 2 aliphatic heterocycles. The van der Waals surface area contributed by atoms with E-state index in [4.69, 9.17) is 9.47 Å². The highest BCUT2D eigenvalue weighted by atomic mass is 79.9. The van der Waals surface area contributed by atoms with Crippen LogP contribution in [0.3, 0.4) is 0 Å². The van der Waals surface area contributed by atoms with Crippen LogP contribution in [0.4, 0.5) is 13.6 Å². The van der Waals surface area contributed by atoms with Gasteiger partial charge in [0, 0.05) is 23.3 Å². The minimum absolute atomic E-state index is 0.0800. The summed E-state index contributed by atoms with van der Waals surface area (Å²) in [7, 11) is 0. The summed E-state index contributed by atoms with van der Waals surface area (Å²) in [5.41, 5.74) is -1.78. The summed E-state index contributed by atoms with van der Waals surface area (Å²) in [5, 5.41) is 2.88. The van der Waals surface area contributed by atoms with Crippen molar-refractivity contribution in [1.82, 2.24) is 5.32 Å². The molecule has 2 heterocycles. The van der Waals surface area contributed by atoms with Crippen LogP contribution in [0.25, 0.3) is 0 Å². The number of nitrogens with one attached hydrogen (secondary N) is 1. The number of amides is 1. The molecule has 0 spiro atoms. The molecule has 0 radical (unpaired) electrons. The van der Waals surface area contributed by atoms with E-state index in [2.05, 4.69) is 26.2 Å². The molecule has 142 valence electrons. The van der Waals surface area contributed by atoms with E-state index >= 15 is 0 Å².